The summed E-state index contributed by atoms with van der Waals surface area (Å²) in [5, 5.41) is 10.3. The molecule has 0 fully saturated rings. The molecule has 4 aromatic heterocycles. The first-order valence-corrected chi connectivity index (χ1v) is 23.1. The van der Waals surface area contributed by atoms with Gasteiger partial charge in [0.05, 0.1) is 30.0 Å². The van der Waals surface area contributed by atoms with Crippen LogP contribution < -0.4 is 19.6 Å². The van der Waals surface area contributed by atoms with Crippen LogP contribution in [0.2, 0.25) is 0 Å². The molecule has 428 valence electrons. The average molecular weight is 1030 g/mol. The van der Waals surface area contributed by atoms with Crippen molar-refractivity contribution in [1.29, 1.82) is 10.9 Å². The van der Waals surface area contributed by atoms with Crippen LogP contribution in [0.3, 0.4) is 0 Å². The summed E-state index contributed by atoms with van der Waals surface area (Å²) in [6.45, 7) is 25.9. The Hall–Kier alpha value is -6.72. The van der Waals surface area contributed by atoms with Crippen molar-refractivity contribution in [1.82, 2.24) is 49.7 Å². The number of aromatic nitrogens is 8. The highest BCUT2D eigenvalue weighted by atomic mass is 15.2. The second-order valence-corrected chi connectivity index (χ2v) is 11.9. The minimum Gasteiger partial charge on any atom is -0.376 e. The van der Waals surface area contributed by atoms with Crippen LogP contribution in [-0.4, -0.2) is 154 Å². The smallest absolute Gasteiger partial charge is 0.224 e. The molecule has 4 rings (SSSR count). The zero-order chi connectivity index (χ0) is 54.7. The number of hydrogen-bond acceptors (Lipinski definition) is 18. The summed E-state index contributed by atoms with van der Waals surface area (Å²) in [5.41, 5.74) is 8.61. The lowest BCUT2D eigenvalue weighted by Crippen LogP contribution is -2.11. The Morgan fingerprint density at radius 3 is 1.23 bits per heavy atom. The molecule has 2 N–H and O–H groups in total. The van der Waals surface area contributed by atoms with Crippen LogP contribution in [0.1, 0.15) is 127 Å². The van der Waals surface area contributed by atoms with Crippen molar-refractivity contribution in [2.45, 2.75) is 127 Å². The quantitative estimate of drug-likeness (QED) is 0.0865. The lowest BCUT2D eigenvalue weighted by molar-refractivity contribution is 0.496. The SMILES string of the molecule is C.C.C.C.C.C/C=C/C=C(\N=N)N(C)C.CC.CC.CC.CC.CC.CC.CN(C)c1ccncn1.CN(C)c1cnccn1.CN(C)c1cncnc1.CN(C)c1ncccn1.CN=C/C=C(\C=N)N(C)C. The van der Waals surface area contributed by atoms with Gasteiger partial charge in [0.25, 0.3) is 0 Å². The zero-order valence-corrected chi connectivity index (χ0v) is 47.5. The van der Waals surface area contributed by atoms with E-state index in [1.807, 2.05) is 217 Å². The average Bonchev–Trinajstić information content (AvgIpc) is 3.40. The molecule has 0 bridgehead atoms. The van der Waals surface area contributed by atoms with Gasteiger partial charge in [-0.05, 0) is 31.2 Å². The zero-order valence-electron chi connectivity index (χ0n) is 47.5. The number of aliphatic imine (C=N–C) groups is 1. The van der Waals surface area contributed by atoms with Crippen molar-refractivity contribution in [3.63, 3.8) is 0 Å². The van der Waals surface area contributed by atoms with Crippen molar-refractivity contribution >= 4 is 35.7 Å². The van der Waals surface area contributed by atoms with Crippen LogP contribution in [0.5, 0.6) is 0 Å². The second-order valence-electron chi connectivity index (χ2n) is 11.9. The molecular formula is C55H118N18. The van der Waals surface area contributed by atoms with E-state index in [0.29, 0.717) is 5.82 Å². The van der Waals surface area contributed by atoms with E-state index in [-0.39, 0.29) is 37.1 Å². The van der Waals surface area contributed by atoms with E-state index >= 15 is 0 Å². The monoisotopic (exact) mass is 1030 g/mol. The van der Waals surface area contributed by atoms with Gasteiger partial charge in [0, 0.05) is 135 Å². The van der Waals surface area contributed by atoms with Crippen molar-refractivity contribution < 1.29 is 0 Å². The number of hydrogen-bond donors (Lipinski definition) is 2. The van der Waals surface area contributed by atoms with E-state index in [1.165, 1.54) is 18.9 Å². The Bertz CT molecular complexity index is 1440. The van der Waals surface area contributed by atoms with E-state index < -0.39 is 0 Å². The molecule has 18 heteroatoms. The first-order chi connectivity index (χ1) is 32.7. The highest BCUT2D eigenvalue weighted by Gasteiger charge is 1.94. The number of allylic oxidation sites excluding steroid dienone is 5. The highest BCUT2D eigenvalue weighted by Crippen LogP contribution is 2.03. The van der Waals surface area contributed by atoms with Gasteiger partial charge in [-0.2, -0.15) is 0 Å². The minimum atomic E-state index is 0. The molecule has 0 saturated carbocycles. The Morgan fingerprint density at radius 1 is 0.507 bits per heavy atom. The molecular weight excluding hydrogens is 913 g/mol. The van der Waals surface area contributed by atoms with Crippen LogP contribution in [0.25, 0.3) is 0 Å². The Kier molecular flexibility index (Phi) is 112. The molecule has 0 aromatic carbocycles. The standard InChI is InChI=1S/2C7H13N3.4C6H9N3.6C2H6.5CH4/c1-9-5-4-7(6-8)10(2)3;1-4-5-6-7(9-8)10(2)3;1-9(2)6-3-7-5-8-4-6;1-9(2)6-5-7-3-4-8-6;1-9(2)6-3-4-7-5-8-6;1-9(2)6-7-4-3-5-8-6;6*1-2;;;;;/h2*4-6,8H,1-3H3;4*3-5H,1-2H3;6*1-2H3;5*1H4/b7-4+,8-6?,9-5?;5-4+,7-6+,9-8?;;;;;;;;;;;;;;;. The first-order valence-electron chi connectivity index (χ1n) is 23.1. The van der Waals surface area contributed by atoms with Gasteiger partial charge in [-0.1, -0.05) is 132 Å². The largest absolute Gasteiger partial charge is 0.376 e. The Balaban J connectivity index is -0.0000000509. The number of nitrogens with zero attached hydrogens (tertiary/aromatic N) is 16. The van der Waals surface area contributed by atoms with Crippen molar-refractivity contribution in [3.05, 3.63) is 110 Å². The fourth-order valence-corrected chi connectivity index (χ4v) is 3.06. The van der Waals surface area contributed by atoms with Crippen LogP contribution in [-0.2, 0) is 0 Å². The molecule has 0 aliphatic heterocycles. The second kappa shape index (κ2) is 82.2. The molecule has 4 heterocycles. The normalized spacial score (nSPS) is 8.30. The highest BCUT2D eigenvalue weighted by molar-refractivity contribution is 5.84. The summed E-state index contributed by atoms with van der Waals surface area (Å²) in [5.74, 6) is 3.22. The third-order valence-electron chi connectivity index (χ3n) is 6.12. The third kappa shape index (κ3) is 69.6. The molecule has 0 saturated heterocycles. The van der Waals surface area contributed by atoms with Gasteiger partial charge in [-0.15, -0.1) is 5.11 Å². The number of rotatable bonds is 10. The summed E-state index contributed by atoms with van der Waals surface area (Å²) < 4.78 is 0. The van der Waals surface area contributed by atoms with Crippen LogP contribution in [0.15, 0.2) is 120 Å². The maximum atomic E-state index is 6.97. The molecule has 73 heavy (non-hydrogen) atoms. The third-order valence-corrected chi connectivity index (χ3v) is 6.12. The van der Waals surface area contributed by atoms with Gasteiger partial charge >= 0.3 is 0 Å². The molecule has 18 nitrogen and oxygen atoms in total. The number of anilines is 4. The van der Waals surface area contributed by atoms with Crippen molar-refractivity contribution in [2.24, 2.45) is 10.1 Å². The molecule has 0 aliphatic carbocycles. The molecule has 0 unspecified atom stereocenters. The molecule has 0 atom stereocenters. The molecule has 4 aromatic rings. The summed E-state index contributed by atoms with van der Waals surface area (Å²) in [6, 6.07) is 3.66. The van der Waals surface area contributed by atoms with E-state index in [0.717, 1.165) is 29.0 Å². The summed E-state index contributed by atoms with van der Waals surface area (Å²) in [7, 11) is 24.7. The van der Waals surface area contributed by atoms with Gasteiger partial charge in [0.2, 0.25) is 5.95 Å². The van der Waals surface area contributed by atoms with Crippen molar-refractivity contribution in [3.8, 4) is 0 Å². The molecule has 0 amide bonds. The lowest BCUT2D eigenvalue weighted by Gasteiger charge is -2.10. The number of nitrogens with one attached hydrogen (secondary N) is 2. The maximum absolute atomic E-state index is 6.97. The van der Waals surface area contributed by atoms with E-state index in [9.17, 15) is 0 Å². The van der Waals surface area contributed by atoms with Crippen LogP contribution >= 0.6 is 0 Å². The first kappa shape index (κ1) is 99.5. The lowest BCUT2D eigenvalue weighted by atomic mass is 10.4. The van der Waals surface area contributed by atoms with Crippen LogP contribution in [0, 0.1) is 10.9 Å². The fraction of sp³-hybridized carbons (Fsp3) is 0.564. The van der Waals surface area contributed by atoms with E-state index in [2.05, 4.69) is 50.0 Å². The topological polar surface area (TPSA) is 195 Å². The van der Waals surface area contributed by atoms with Gasteiger partial charge < -0.3 is 34.8 Å². The van der Waals surface area contributed by atoms with E-state index in [1.54, 1.807) is 86.0 Å². The predicted molar refractivity (Wildman–Crippen MR) is 334 cm³/mol. The molecule has 0 radical (unpaired) electrons. The van der Waals surface area contributed by atoms with Gasteiger partial charge in [-0.25, -0.2) is 40.4 Å². The van der Waals surface area contributed by atoms with Gasteiger partial charge in [-0.3, -0.25) is 9.98 Å². The predicted octanol–water partition coefficient (Wildman–Crippen LogP) is 14.3. The van der Waals surface area contributed by atoms with E-state index in [4.69, 9.17) is 10.9 Å². The van der Waals surface area contributed by atoms with Crippen molar-refractivity contribution in [2.75, 3.05) is 111 Å². The molecule has 0 spiro atoms. The summed E-state index contributed by atoms with van der Waals surface area (Å²) in [4.78, 5) is 46.5. The van der Waals surface area contributed by atoms with Gasteiger partial charge in [0.1, 0.15) is 30.1 Å². The summed E-state index contributed by atoms with van der Waals surface area (Å²) >= 11 is 0. The van der Waals surface area contributed by atoms with Gasteiger partial charge in [0.15, 0.2) is 0 Å². The van der Waals surface area contributed by atoms with Crippen LogP contribution in [0.4, 0.5) is 23.3 Å². The fourth-order valence-electron chi connectivity index (χ4n) is 3.06. The summed E-state index contributed by atoms with van der Waals surface area (Å²) in [6.07, 6.45) is 27.1. The Labute approximate surface area is 453 Å². The maximum Gasteiger partial charge on any atom is 0.224 e. The Morgan fingerprint density at radius 2 is 0.986 bits per heavy atom. The minimum absolute atomic E-state index is 0. The molecule has 0 aliphatic rings.